The third kappa shape index (κ3) is 4.95. The largest absolute Gasteiger partial charge is 0.389 e. The first kappa shape index (κ1) is 15.1. The fourth-order valence-electron chi connectivity index (χ4n) is 2.06. The van der Waals surface area contributed by atoms with Crippen molar-refractivity contribution in [1.82, 2.24) is 0 Å². The van der Waals surface area contributed by atoms with Crippen molar-refractivity contribution in [3.8, 4) is 11.8 Å². The fourth-order valence-corrected chi connectivity index (χ4v) is 2.06. The Kier molecular flexibility index (Phi) is 5.82. The van der Waals surface area contributed by atoms with Crippen molar-refractivity contribution in [3.05, 3.63) is 77.9 Å². The summed E-state index contributed by atoms with van der Waals surface area (Å²) in [4.78, 5) is 0. The van der Waals surface area contributed by atoms with Gasteiger partial charge >= 0.3 is 0 Å². The van der Waals surface area contributed by atoms with E-state index in [0.29, 0.717) is 0 Å². The molecule has 0 saturated heterocycles. The Morgan fingerprint density at radius 2 is 1.67 bits per heavy atom. The van der Waals surface area contributed by atoms with Gasteiger partial charge in [-0.1, -0.05) is 73.7 Å². The lowest BCUT2D eigenvalue weighted by atomic mass is 10.0. The van der Waals surface area contributed by atoms with Gasteiger partial charge in [0.05, 0.1) is 6.10 Å². The minimum atomic E-state index is -0.449. The van der Waals surface area contributed by atoms with E-state index in [-0.39, 0.29) is 0 Å². The van der Waals surface area contributed by atoms with Crippen molar-refractivity contribution in [3.63, 3.8) is 0 Å². The lowest BCUT2D eigenvalue weighted by Gasteiger charge is -2.06. The molecule has 1 atom stereocenters. The van der Waals surface area contributed by atoms with Crippen molar-refractivity contribution in [2.75, 3.05) is 0 Å². The molecule has 0 amide bonds. The molecule has 0 bridgehead atoms. The molecular weight excluding hydrogens is 256 g/mol. The Morgan fingerprint density at radius 3 is 2.29 bits per heavy atom. The molecule has 0 aromatic heterocycles. The van der Waals surface area contributed by atoms with Gasteiger partial charge in [-0.25, -0.2) is 0 Å². The predicted octanol–water partition coefficient (Wildman–Crippen LogP) is 4.28. The molecule has 0 aliphatic carbocycles. The lowest BCUT2D eigenvalue weighted by molar-refractivity contribution is 0.212. The van der Waals surface area contributed by atoms with E-state index in [4.69, 9.17) is 0 Å². The summed E-state index contributed by atoms with van der Waals surface area (Å²) >= 11 is 0. The summed E-state index contributed by atoms with van der Waals surface area (Å²) < 4.78 is 0. The second-order valence-corrected chi connectivity index (χ2v) is 4.92. The standard InChI is InChI=1S/C20H20O/c1-2-9-20(21)16-19(18-12-7-4-8-13-18)15-14-17-10-5-3-6-11-17/h3-8,10-13,16,20-21H,2,9H2,1H3/b19-16+. The van der Waals surface area contributed by atoms with Crippen LogP contribution in [0.4, 0.5) is 0 Å². The highest BCUT2D eigenvalue weighted by Crippen LogP contribution is 2.15. The summed E-state index contributed by atoms with van der Waals surface area (Å²) in [5, 5.41) is 10.0. The summed E-state index contributed by atoms with van der Waals surface area (Å²) in [6, 6.07) is 19.9. The van der Waals surface area contributed by atoms with Gasteiger partial charge in [-0.15, -0.1) is 0 Å². The molecule has 1 N–H and O–H groups in total. The molecule has 2 aromatic carbocycles. The van der Waals surface area contributed by atoms with Crippen LogP contribution in [0.15, 0.2) is 66.7 Å². The average molecular weight is 276 g/mol. The Labute approximate surface area is 127 Å². The van der Waals surface area contributed by atoms with E-state index in [1.807, 2.05) is 66.7 Å². The first-order chi connectivity index (χ1) is 10.3. The molecule has 0 heterocycles. The predicted molar refractivity (Wildman–Crippen MR) is 88.7 cm³/mol. The molecule has 0 spiro atoms. The van der Waals surface area contributed by atoms with Gasteiger partial charge in [0.15, 0.2) is 0 Å². The van der Waals surface area contributed by atoms with Crippen molar-refractivity contribution < 1.29 is 5.11 Å². The van der Waals surface area contributed by atoms with Crippen molar-refractivity contribution in [2.45, 2.75) is 25.9 Å². The molecule has 1 nitrogen and oxygen atoms in total. The van der Waals surface area contributed by atoms with Crippen LogP contribution in [0.1, 0.15) is 30.9 Å². The van der Waals surface area contributed by atoms with E-state index in [9.17, 15) is 5.11 Å². The Morgan fingerprint density at radius 1 is 1.05 bits per heavy atom. The second kappa shape index (κ2) is 8.09. The van der Waals surface area contributed by atoms with Gasteiger partial charge in [0, 0.05) is 11.1 Å². The van der Waals surface area contributed by atoms with Crippen LogP contribution in [0, 0.1) is 11.8 Å². The first-order valence-corrected chi connectivity index (χ1v) is 7.32. The minimum Gasteiger partial charge on any atom is -0.389 e. The fraction of sp³-hybridized carbons (Fsp3) is 0.200. The van der Waals surface area contributed by atoms with Gasteiger partial charge in [0.2, 0.25) is 0 Å². The maximum atomic E-state index is 10.0. The monoisotopic (exact) mass is 276 g/mol. The SMILES string of the molecule is CCCC(O)/C=C(\C#Cc1ccccc1)c1ccccc1. The highest BCUT2D eigenvalue weighted by atomic mass is 16.3. The van der Waals surface area contributed by atoms with Gasteiger partial charge in [-0.05, 0) is 30.2 Å². The average Bonchev–Trinajstić information content (AvgIpc) is 2.53. The Bertz CT molecular complexity index is 630. The minimum absolute atomic E-state index is 0.449. The summed E-state index contributed by atoms with van der Waals surface area (Å²) in [5.74, 6) is 6.35. The number of benzene rings is 2. The number of rotatable bonds is 4. The number of hydrogen-bond donors (Lipinski definition) is 1. The summed E-state index contributed by atoms with van der Waals surface area (Å²) in [6.07, 6.45) is 3.11. The van der Waals surface area contributed by atoms with Gasteiger partial charge < -0.3 is 5.11 Å². The van der Waals surface area contributed by atoms with E-state index in [2.05, 4.69) is 18.8 Å². The van der Waals surface area contributed by atoms with Crippen LogP contribution in [-0.2, 0) is 0 Å². The molecule has 2 aromatic rings. The van der Waals surface area contributed by atoms with Crippen LogP contribution in [0.2, 0.25) is 0 Å². The van der Waals surface area contributed by atoms with Gasteiger partial charge in [0.1, 0.15) is 0 Å². The maximum Gasteiger partial charge on any atom is 0.0736 e. The third-order valence-corrected chi connectivity index (χ3v) is 3.14. The van der Waals surface area contributed by atoms with Gasteiger partial charge in [-0.2, -0.15) is 0 Å². The van der Waals surface area contributed by atoms with E-state index in [1.165, 1.54) is 0 Å². The molecule has 0 saturated carbocycles. The van der Waals surface area contributed by atoms with E-state index >= 15 is 0 Å². The quantitative estimate of drug-likeness (QED) is 0.826. The van der Waals surface area contributed by atoms with Crippen LogP contribution in [0.25, 0.3) is 5.57 Å². The number of aliphatic hydroxyl groups is 1. The zero-order valence-electron chi connectivity index (χ0n) is 12.3. The normalized spacial score (nSPS) is 12.4. The maximum absolute atomic E-state index is 10.0. The van der Waals surface area contributed by atoms with Crippen molar-refractivity contribution in [1.29, 1.82) is 0 Å². The molecule has 0 fully saturated rings. The number of allylic oxidation sites excluding steroid dienone is 1. The Hall–Kier alpha value is -2.30. The molecule has 2 rings (SSSR count). The van der Waals surface area contributed by atoms with Gasteiger partial charge in [0.25, 0.3) is 0 Å². The van der Waals surface area contributed by atoms with E-state index in [0.717, 1.165) is 29.5 Å². The first-order valence-electron chi connectivity index (χ1n) is 7.32. The summed E-state index contributed by atoms with van der Waals surface area (Å²) in [5.41, 5.74) is 2.89. The van der Waals surface area contributed by atoms with Crippen molar-refractivity contribution in [2.24, 2.45) is 0 Å². The molecule has 1 heteroatoms. The highest BCUT2D eigenvalue weighted by Gasteiger charge is 2.03. The molecule has 1 unspecified atom stereocenters. The van der Waals surface area contributed by atoms with E-state index < -0.39 is 6.10 Å². The second-order valence-electron chi connectivity index (χ2n) is 4.92. The molecule has 106 valence electrons. The van der Waals surface area contributed by atoms with Gasteiger partial charge in [-0.3, -0.25) is 0 Å². The lowest BCUT2D eigenvalue weighted by Crippen LogP contribution is -2.02. The Balaban J connectivity index is 2.31. The number of aliphatic hydroxyl groups excluding tert-OH is 1. The van der Waals surface area contributed by atoms with Crippen LogP contribution in [0.5, 0.6) is 0 Å². The molecule has 0 aliphatic heterocycles. The van der Waals surface area contributed by atoms with Crippen LogP contribution in [-0.4, -0.2) is 11.2 Å². The third-order valence-electron chi connectivity index (χ3n) is 3.14. The summed E-state index contributed by atoms with van der Waals surface area (Å²) in [6.45, 7) is 2.06. The zero-order valence-corrected chi connectivity index (χ0v) is 12.3. The molecule has 0 radical (unpaired) electrons. The summed E-state index contributed by atoms with van der Waals surface area (Å²) in [7, 11) is 0. The molecular formula is C20H20O. The van der Waals surface area contributed by atoms with Crippen LogP contribution < -0.4 is 0 Å². The highest BCUT2D eigenvalue weighted by molar-refractivity contribution is 5.79. The smallest absolute Gasteiger partial charge is 0.0736 e. The topological polar surface area (TPSA) is 20.2 Å². The van der Waals surface area contributed by atoms with Crippen LogP contribution >= 0.6 is 0 Å². The number of hydrogen-bond acceptors (Lipinski definition) is 1. The zero-order chi connectivity index (χ0) is 14.9. The van der Waals surface area contributed by atoms with Crippen molar-refractivity contribution >= 4 is 5.57 Å². The van der Waals surface area contributed by atoms with Crippen LogP contribution in [0.3, 0.4) is 0 Å². The molecule has 0 aliphatic rings. The van der Waals surface area contributed by atoms with E-state index in [1.54, 1.807) is 0 Å². The molecule has 21 heavy (non-hydrogen) atoms.